The first-order valence-electron chi connectivity index (χ1n) is 5.56. The Morgan fingerprint density at radius 2 is 1.67 bits per heavy atom. The van der Waals surface area contributed by atoms with Crippen molar-refractivity contribution in [1.82, 2.24) is 4.98 Å². The van der Waals surface area contributed by atoms with Crippen LogP contribution in [0.3, 0.4) is 0 Å². The maximum atomic E-state index is 10.6. The maximum Gasteiger partial charge on any atom is 0.307 e. The molecule has 0 aliphatic heterocycles. The van der Waals surface area contributed by atoms with Crippen molar-refractivity contribution in [2.75, 3.05) is 0 Å². The highest BCUT2D eigenvalue weighted by atomic mass is 32.2. The van der Waals surface area contributed by atoms with Crippen molar-refractivity contribution >= 4 is 17.7 Å². The Kier molecular flexibility index (Phi) is 4.36. The highest BCUT2D eigenvalue weighted by Gasteiger charge is 2.01. The molecule has 2 aromatic rings. The zero-order valence-electron chi connectivity index (χ0n) is 9.74. The van der Waals surface area contributed by atoms with E-state index in [1.807, 2.05) is 36.4 Å². The fourth-order valence-corrected chi connectivity index (χ4v) is 2.37. The fourth-order valence-electron chi connectivity index (χ4n) is 1.53. The molecular weight excluding hydrogens is 246 g/mol. The summed E-state index contributed by atoms with van der Waals surface area (Å²) in [5.41, 5.74) is 2.02. The quantitative estimate of drug-likeness (QED) is 0.839. The van der Waals surface area contributed by atoms with Crippen molar-refractivity contribution in [2.24, 2.45) is 0 Å². The van der Waals surface area contributed by atoms with Crippen LogP contribution in [0.1, 0.15) is 11.1 Å². The predicted molar refractivity (Wildman–Crippen MR) is 71.6 cm³/mol. The molecule has 4 heteroatoms. The second-order valence-corrected chi connectivity index (χ2v) is 4.91. The number of aliphatic carboxylic acids is 1. The lowest BCUT2D eigenvalue weighted by Crippen LogP contribution is -1.99. The summed E-state index contributed by atoms with van der Waals surface area (Å²) >= 11 is 1.74. The van der Waals surface area contributed by atoms with Gasteiger partial charge in [0.05, 0.1) is 6.42 Å². The third-order valence-electron chi connectivity index (χ3n) is 2.43. The minimum absolute atomic E-state index is 0.0811. The lowest BCUT2D eigenvalue weighted by molar-refractivity contribution is -0.136. The average molecular weight is 259 g/mol. The van der Waals surface area contributed by atoms with Crippen molar-refractivity contribution in [3.05, 3.63) is 59.9 Å². The van der Waals surface area contributed by atoms with Gasteiger partial charge in [0, 0.05) is 23.0 Å². The molecule has 1 N–H and O–H groups in total. The van der Waals surface area contributed by atoms with Gasteiger partial charge in [0.1, 0.15) is 0 Å². The Bertz CT molecular complexity index is 511. The molecule has 0 radical (unpaired) electrons. The molecule has 0 aliphatic carbocycles. The summed E-state index contributed by atoms with van der Waals surface area (Å²) in [5, 5.41) is 8.68. The summed E-state index contributed by atoms with van der Waals surface area (Å²) in [4.78, 5) is 15.7. The van der Waals surface area contributed by atoms with Crippen LogP contribution in [0.15, 0.2) is 53.7 Å². The molecule has 0 unspecified atom stereocenters. The minimum Gasteiger partial charge on any atom is -0.481 e. The van der Waals surface area contributed by atoms with E-state index in [-0.39, 0.29) is 6.42 Å². The third kappa shape index (κ3) is 3.89. The van der Waals surface area contributed by atoms with Crippen LogP contribution in [-0.2, 0) is 17.0 Å². The molecule has 3 nitrogen and oxygen atoms in total. The summed E-state index contributed by atoms with van der Waals surface area (Å²) in [6, 6.07) is 11.7. The van der Waals surface area contributed by atoms with Crippen LogP contribution in [0, 0.1) is 0 Å². The van der Waals surface area contributed by atoms with Crippen molar-refractivity contribution in [1.29, 1.82) is 0 Å². The summed E-state index contributed by atoms with van der Waals surface area (Å²) in [7, 11) is 0. The first-order chi connectivity index (χ1) is 8.74. The van der Waals surface area contributed by atoms with E-state index in [0.29, 0.717) is 0 Å². The van der Waals surface area contributed by atoms with Gasteiger partial charge in [-0.15, -0.1) is 11.8 Å². The van der Waals surface area contributed by atoms with Crippen LogP contribution in [0.5, 0.6) is 0 Å². The molecule has 18 heavy (non-hydrogen) atoms. The highest BCUT2D eigenvalue weighted by molar-refractivity contribution is 7.98. The van der Waals surface area contributed by atoms with E-state index >= 15 is 0 Å². The second kappa shape index (κ2) is 6.21. The monoisotopic (exact) mass is 259 g/mol. The Hall–Kier alpha value is -1.81. The van der Waals surface area contributed by atoms with Crippen molar-refractivity contribution in [2.45, 2.75) is 17.1 Å². The molecule has 1 heterocycles. The zero-order chi connectivity index (χ0) is 12.8. The maximum absolute atomic E-state index is 10.6. The Balaban J connectivity index is 1.92. The summed E-state index contributed by atoms with van der Waals surface area (Å²) in [6.45, 7) is 0. The van der Waals surface area contributed by atoms with Crippen LogP contribution >= 0.6 is 11.8 Å². The molecule has 0 atom stereocenters. The van der Waals surface area contributed by atoms with Gasteiger partial charge in [-0.05, 0) is 23.3 Å². The molecule has 0 fully saturated rings. The van der Waals surface area contributed by atoms with Crippen LogP contribution < -0.4 is 0 Å². The van der Waals surface area contributed by atoms with Gasteiger partial charge in [-0.2, -0.15) is 0 Å². The van der Waals surface area contributed by atoms with Gasteiger partial charge >= 0.3 is 5.97 Å². The normalized spacial score (nSPS) is 10.2. The third-order valence-corrected chi connectivity index (χ3v) is 3.52. The molecule has 0 aliphatic rings. The number of hydrogen-bond donors (Lipinski definition) is 1. The molecule has 2 rings (SSSR count). The number of benzene rings is 1. The van der Waals surface area contributed by atoms with E-state index < -0.39 is 5.97 Å². The SMILES string of the molecule is O=C(O)Cc1ccc(CSc2ccncc2)cc1. The standard InChI is InChI=1S/C14H13NO2S/c16-14(17)9-11-1-3-12(4-2-11)10-18-13-5-7-15-8-6-13/h1-8H,9-10H2,(H,16,17). The van der Waals surface area contributed by atoms with Crippen LogP contribution in [0.4, 0.5) is 0 Å². The number of hydrogen-bond acceptors (Lipinski definition) is 3. The summed E-state index contributed by atoms with van der Waals surface area (Å²) < 4.78 is 0. The number of rotatable bonds is 5. The largest absolute Gasteiger partial charge is 0.481 e. The molecule has 0 spiro atoms. The lowest BCUT2D eigenvalue weighted by atomic mass is 10.1. The second-order valence-electron chi connectivity index (χ2n) is 3.86. The molecular formula is C14H13NO2S. The number of carboxylic acids is 1. The lowest BCUT2D eigenvalue weighted by Gasteiger charge is -2.03. The molecule has 0 bridgehead atoms. The Morgan fingerprint density at radius 3 is 2.28 bits per heavy atom. The topological polar surface area (TPSA) is 50.2 Å². The van der Waals surface area contributed by atoms with Crippen molar-refractivity contribution < 1.29 is 9.90 Å². The number of aromatic nitrogens is 1. The van der Waals surface area contributed by atoms with Crippen LogP contribution in [-0.4, -0.2) is 16.1 Å². The highest BCUT2D eigenvalue weighted by Crippen LogP contribution is 2.21. The number of pyridine rings is 1. The zero-order valence-corrected chi connectivity index (χ0v) is 10.6. The smallest absolute Gasteiger partial charge is 0.307 e. The average Bonchev–Trinajstić information content (AvgIpc) is 2.38. The molecule has 1 aromatic carbocycles. The van der Waals surface area contributed by atoms with Gasteiger partial charge in [-0.1, -0.05) is 24.3 Å². The summed E-state index contributed by atoms with van der Waals surface area (Å²) in [6.07, 6.45) is 3.63. The molecule has 1 aromatic heterocycles. The molecule has 0 amide bonds. The van der Waals surface area contributed by atoms with Crippen LogP contribution in [0.25, 0.3) is 0 Å². The number of thioether (sulfide) groups is 1. The van der Waals surface area contributed by atoms with E-state index in [4.69, 9.17) is 5.11 Å². The summed E-state index contributed by atoms with van der Waals surface area (Å²) in [5.74, 6) is 0.0751. The molecule has 0 saturated heterocycles. The van der Waals surface area contributed by atoms with E-state index in [1.54, 1.807) is 24.2 Å². The predicted octanol–water partition coefficient (Wildman–Crippen LogP) is 3.00. The first kappa shape index (κ1) is 12.6. The Morgan fingerprint density at radius 1 is 1.06 bits per heavy atom. The fraction of sp³-hybridized carbons (Fsp3) is 0.143. The van der Waals surface area contributed by atoms with Crippen LogP contribution in [0.2, 0.25) is 0 Å². The van der Waals surface area contributed by atoms with Gasteiger partial charge in [-0.25, -0.2) is 0 Å². The van der Waals surface area contributed by atoms with E-state index in [1.165, 1.54) is 10.5 Å². The van der Waals surface area contributed by atoms with Gasteiger partial charge in [0.25, 0.3) is 0 Å². The minimum atomic E-state index is -0.797. The van der Waals surface area contributed by atoms with Gasteiger partial charge < -0.3 is 5.11 Å². The first-order valence-corrected chi connectivity index (χ1v) is 6.55. The van der Waals surface area contributed by atoms with Gasteiger partial charge in [0.15, 0.2) is 0 Å². The van der Waals surface area contributed by atoms with E-state index in [9.17, 15) is 4.79 Å². The number of carbonyl (C=O) groups is 1. The van der Waals surface area contributed by atoms with Gasteiger partial charge in [0.2, 0.25) is 0 Å². The van der Waals surface area contributed by atoms with E-state index in [2.05, 4.69) is 4.98 Å². The van der Waals surface area contributed by atoms with Crippen molar-refractivity contribution in [3.8, 4) is 0 Å². The molecule has 0 saturated carbocycles. The number of nitrogens with zero attached hydrogens (tertiary/aromatic N) is 1. The van der Waals surface area contributed by atoms with Gasteiger partial charge in [-0.3, -0.25) is 9.78 Å². The van der Waals surface area contributed by atoms with Crippen molar-refractivity contribution in [3.63, 3.8) is 0 Å². The molecule has 92 valence electrons. The Labute approximate surface area is 110 Å². The number of carboxylic acid groups (broad SMARTS) is 1. The van der Waals surface area contributed by atoms with E-state index in [0.717, 1.165) is 11.3 Å².